The summed E-state index contributed by atoms with van der Waals surface area (Å²) in [6.45, 7) is 3.20. The second-order valence-electron chi connectivity index (χ2n) is 7.45. The fourth-order valence-electron chi connectivity index (χ4n) is 3.58. The van der Waals surface area contributed by atoms with Crippen LogP contribution < -0.4 is 4.74 Å². The van der Waals surface area contributed by atoms with Crippen LogP contribution in [0.5, 0.6) is 11.5 Å². The van der Waals surface area contributed by atoms with Gasteiger partial charge in [0.2, 0.25) is 5.78 Å². The van der Waals surface area contributed by atoms with E-state index in [0.717, 1.165) is 17.7 Å². The Morgan fingerprint density at radius 3 is 2.55 bits per heavy atom. The highest BCUT2D eigenvalue weighted by Gasteiger charge is 2.31. The predicted molar refractivity (Wildman–Crippen MR) is 114 cm³/mol. The Morgan fingerprint density at radius 1 is 1.00 bits per heavy atom. The number of phenolic OH excluding ortho intramolecular Hbond substituents is 1. The van der Waals surface area contributed by atoms with Crippen LogP contribution in [0.25, 0.3) is 6.08 Å². The topological polar surface area (TPSA) is 49.8 Å². The van der Waals surface area contributed by atoms with E-state index in [4.69, 9.17) is 4.74 Å². The summed E-state index contributed by atoms with van der Waals surface area (Å²) in [6.07, 6.45) is 1.75. The van der Waals surface area contributed by atoms with Crippen molar-refractivity contribution in [3.8, 4) is 11.5 Å². The van der Waals surface area contributed by atoms with Crippen molar-refractivity contribution in [2.75, 3.05) is 7.05 Å². The van der Waals surface area contributed by atoms with E-state index < -0.39 is 0 Å². The number of carbonyl (C=O) groups is 1. The first kappa shape index (κ1) is 19.0. The van der Waals surface area contributed by atoms with Crippen LogP contribution in [0.2, 0.25) is 0 Å². The number of aromatic hydroxyl groups is 1. The molecule has 0 saturated heterocycles. The molecule has 0 radical (unpaired) electrons. The lowest BCUT2D eigenvalue weighted by Crippen LogP contribution is -2.17. The maximum absolute atomic E-state index is 12.8. The van der Waals surface area contributed by atoms with Crippen molar-refractivity contribution in [2.24, 2.45) is 0 Å². The summed E-state index contributed by atoms with van der Waals surface area (Å²) in [5.41, 5.74) is 4.32. The van der Waals surface area contributed by atoms with Gasteiger partial charge in [0.05, 0.1) is 11.1 Å². The van der Waals surface area contributed by atoms with Crippen molar-refractivity contribution < 1.29 is 14.6 Å². The Balaban J connectivity index is 1.61. The van der Waals surface area contributed by atoms with Gasteiger partial charge in [-0.25, -0.2) is 0 Å². The summed E-state index contributed by atoms with van der Waals surface area (Å²) in [4.78, 5) is 14.9. The maximum Gasteiger partial charge on any atom is 0.231 e. The van der Waals surface area contributed by atoms with Crippen LogP contribution in [0, 0.1) is 6.92 Å². The monoisotopic (exact) mass is 385 g/mol. The molecule has 1 aliphatic rings. The van der Waals surface area contributed by atoms with E-state index in [-0.39, 0.29) is 17.3 Å². The zero-order valence-corrected chi connectivity index (χ0v) is 16.6. The number of ether oxygens (including phenoxy) is 1. The molecule has 3 aromatic carbocycles. The quantitative estimate of drug-likeness (QED) is 0.632. The van der Waals surface area contributed by atoms with E-state index in [2.05, 4.69) is 17.0 Å². The fourth-order valence-corrected chi connectivity index (χ4v) is 3.58. The summed E-state index contributed by atoms with van der Waals surface area (Å²) in [7, 11) is 1.98. The Labute approximate surface area is 170 Å². The SMILES string of the molecule is Cc1cccc(/C=C2\Oc3c(ccc(O)c3CN(C)Cc3ccccc3)C2=O)c1. The van der Waals surface area contributed by atoms with Gasteiger partial charge in [-0.3, -0.25) is 9.69 Å². The number of fused-ring (bicyclic) bond motifs is 1. The van der Waals surface area contributed by atoms with E-state index in [1.54, 1.807) is 18.2 Å². The number of benzene rings is 3. The molecule has 4 rings (SSSR count). The summed E-state index contributed by atoms with van der Waals surface area (Å²) >= 11 is 0. The third kappa shape index (κ3) is 4.08. The minimum atomic E-state index is -0.159. The number of nitrogens with zero attached hydrogens (tertiary/aromatic N) is 1. The van der Waals surface area contributed by atoms with Gasteiger partial charge >= 0.3 is 0 Å². The number of carbonyl (C=O) groups excluding carboxylic acids is 1. The smallest absolute Gasteiger partial charge is 0.231 e. The summed E-state index contributed by atoms with van der Waals surface area (Å²) in [5.74, 6) is 0.707. The van der Waals surface area contributed by atoms with Crippen molar-refractivity contribution >= 4 is 11.9 Å². The molecule has 0 saturated carbocycles. The first-order valence-electron chi connectivity index (χ1n) is 9.59. The number of rotatable bonds is 5. The van der Waals surface area contributed by atoms with Crippen LogP contribution in [0.15, 0.2) is 72.5 Å². The maximum atomic E-state index is 12.8. The average Bonchev–Trinajstić information content (AvgIpc) is 3.01. The fraction of sp³-hybridized carbons (Fsp3) is 0.160. The Hall–Kier alpha value is -3.37. The highest BCUT2D eigenvalue weighted by molar-refractivity contribution is 6.15. The molecule has 0 atom stereocenters. The number of phenols is 1. The van der Waals surface area contributed by atoms with E-state index >= 15 is 0 Å². The van der Waals surface area contributed by atoms with E-state index in [0.29, 0.717) is 23.4 Å². The molecule has 0 bridgehead atoms. The van der Waals surface area contributed by atoms with Crippen molar-refractivity contribution in [2.45, 2.75) is 20.0 Å². The van der Waals surface area contributed by atoms with Gasteiger partial charge in [0.1, 0.15) is 11.5 Å². The second kappa shape index (κ2) is 7.94. The Kier molecular flexibility index (Phi) is 5.19. The summed E-state index contributed by atoms with van der Waals surface area (Å²) < 4.78 is 5.95. The van der Waals surface area contributed by atoms with Crippen LogP contribution in [0.1, 0.15) is 32.6 Å². The number of ketones is 1. The Morgan fingerprint density at radius 2 is 1.79 bits per heavy atom. The highest BCUT2D eigenvalue weighted by Crippen LogP contribution is 2.40. The Bertz CT molecular complexity index is 1090. The molecule has 3 aromatic rings. The van der Waals surface area contributed by atoms with Crippen molar-refractivity contribution in [3.05, 3.63) is 100 Å². The number of allylic oxidation sites excluding steroid dienone is 1. The largest absolute Gasteiger partial charge is 0.507 e. The number of aryl methyl sites for hydroxylation is 1. The molecule has 1 aliphatic heterocycles. The molecule has 146 valence electrons. The molecular weight excluding hydrogens is 362 g/mol. The number of hydrogen-bond donors (Lipinski definition) is 1. The number of Topliss-reactive ketones (excluding diaryl/α,β-unsaturated/α-hetero) is 1. The molecule has 1 heterocycles. The van der Waals surface area contributed by atoms with E-state index in [1.165, 1.54) is 5.56 Å². The van der Waals surface area contributed by atoms with E-state index in [1.807, 2.05) is 56.4 Å². The first-order chi connectivity index (χ1) is 14.0. The third-order valence-corrected chi connectivity index (χ3v) is 4.98. The van der Waals surface area contributed by atoms with Crippen molar-refractivity contribution in [1.29, 1.82) is 0 Å². The molecule has 0 spiro atoms. The van der Waals surface area contributed by atoms with Gasteiger partial charge in [0.25, 0.3) is 0 Å². The average molecular weight is 385 g/mol. The number of hydrogen-bond acceptors (Lipinski definition) is 4. The zero-order valence-electron chi connectivity index (χ0n) is 16.6. The van der Waals surface area contributed by atoms with Crippen molar-refractivity contribution in [1.82, 2.24) is 4.90 Å². The van der Waals surface area contributed by atoms with Crippen LogP contribution in [0.3, 0.4) is 0 Å². The molecule has 4 heteroatoms. The molecule has 0 aromatic heterocycles. The molecule has 0 amide bonds. The van der Waals surface area contributed by atoms with Gasteiger partial charge < -0.3 is 9.84 Å². The minimum Gasteiger partial charge on any atom is -0.507 e. The van der Waals surface area contributed by atoms with E-state index in [9.17, 15) is 9.90 Å². The lowest BCUT2D eigenvalue weighted by atomic mass is 10.0. The van der Waals surface area contributed by atoms with Crippen LogP contribution in [0.4, 0.5) is 0 Å². The van der Waals surface area contributed by atoms with Gasteiger partial charge in [-0.05, 0) is 43.3 Å². The van der Waals surface area contributed by atoms with Gasteiger partial charge in [0.15, 0.2) is 5.76 Å². The van der Waals surface area contributed by atoms with Gasteiger partial charge in [-0.1, -0.05) is 60.2 Å². The first-order valence-corrected chi connectivity index (χ1v) is 9.59. The highest BCUT2D eigenvalue weighted by atomic mass is 16.5. The minimum absolute atomic E-state index is 0.133. The third-order valence-electron chi connectivity index (χ3n) is 4.98. The summed E-state index contributed by atoms with van der Waals surface area (Å²) in [5, 5.41) is 10.5. The van der Waals surface area contributed by atoms with Crippen LogP contribution in [-0.4, -0.2) is 22.8 Å². The van der Waals surface area contributed by atoms with Crippen LogP contribution >= 0.6 is 0 Å². The normalized spacial score (nSPS) is 14.3. The molecule has 1 N–H and O–H groups in total. The predicted octanol–water partition coefficient (Wildman–Crippen LogP) is 4.95. The summed E-state index contributed by atoms with van der Waals surface area (Å²) in [6, 6.07) is 21.2. The molecule has 0 aliphatic carbocycles. The lowest BCUT2D eigenvalue weighted by molar-refractivity contribution is 0.101. The second-order valence-corrected chi connectivity index (χ2v) is 7.45. The molecule has 0 unspecified atom stereocenters. The van der Waals surface area contributed by atoms with Crippen LogP contribution in [-0.2, 0) is 13.1 Å². The zero-order chi connectivity index (χ0) is 20.4. The van der Waals surface area contributed by atoms with Gasteiger partial charge in [-0.15, -0.1) is 0 Å². The molecule has 0 fully saturated rings. The lowest BCUT2D eigenvalue weighted by Gasteiger charge is -2.19. The van der Waals surface area contributed by atoms with Crippen molar-refractivity contribution in [3.63, 3.8) is 0 Å². The van der Waals surface area contributed by atoms with Gasteiger partial charge in [-0.2, -0.15) is 0 Å². The molecule has 4 nitrogen and oxygen atoms in total. The standard InChI is InChI=1S/C25H23NO3/c1-17-7-6-10-19(13-17)14-23-24(28)20-11-12-22(27)21(25(20)29-23)16-26(2)15-18-8-4-3-5-9-18/h3-14,27H,15-16H2,1-2H3/b23-14-. The molecule has 29 heavy (non-hydrogen) atoms. The molecular formula is C25H23NO3. The van der Waals surface area contributed by atoms with Gasteiger partial charge in [0, 0.05) is 13.1 Å².